The van der Waals surface area contributed by atoms with Gasteiger partial charge in [-0.15, -0.1) is 0 Å². The number of hydrogen-bond acceptors (Lipinski definition) is 5. The zero-order valence-corrected chi connectivity index (χ0v) is 14.2. The van der Waals surface area contributed by atoms with Gasteiger partial charge in [-0.2, -0.15) is 0 Å². The summed E-state index contributed by atoms with van der Waals surface area (Å²) in [5, 5.41) is 0. The number of carbonyl (C=O) groups excluding carboxylic acids is 2. The molecule has 1 radical (unpaired) electrons. The summed E-state index contributed by atoms with van der Waals surface area (Å²) in [5.74, 6) is -1.22. The van der Waals surface area contributed by atoms with Crippen molar-refractivity contribution in [2.24, 2.45) is 11.3 Å². The number of cyclic esters (lactones) is 1. The minimum atomic E-state index is -0.897. The maximum absolute atomic E-state index is 12.2. The van der Waals surface area contributed by atoms with Gasteiger partial charge >= 0.3 is 11.9 Å². The summed E-state index contributed by atoms with van der Waals surface area (Å²) >= 11 is 0. The standard InChI is InChI=1S/C14H25O5Si/c1-9(15)18-11-7-12(14(2,3)4)19-13(16)10(11)8-17-20(5)6/h10-12H,7-8H2,1-6H3. The molecule has 1 saturated heterocycles. The first-order chi connectivity index (χ1) is 9.11. The van der Waals surface area contributed by atoms with Crippen LogP contribution < -0.4 is 0 Å². The van der Waals surface area contributed by atoms with Gasteiger partial charge in [0.15, 0.2) is 0 Å². The second-order valence-corrected chi connectivity index (χ2v) is 8.61. The van der Waals surface area contributed by atoms with Gasteiger partial charge in [-0.3, -0.25) is 9.59 Å². The van der Waals surface area contributed by atoms with Crippen molar-refractivity contribution >= 4 is 21.0 Å². The average Bonchev–Trinajstić information content (AvgIpc) is 2.24. The summed E-state index contributed by atoms with van der Waals surface area (Å²) in [5.41, 5.74) is -0.176. The minimum Gasteiger partial charge on any atom is -0.461 e. The summed E-state index contributed by atoms with van der Waals surface area (Å²) in [4.78, 5) is 23.4. The smallest absolute Gasteiger partial charge is 0.315 e. The molecule has 6 heteroatoms. The van der Waals surface area contributed by atoms with Crippen LogP contribution >= 0.6 is 0 Å². The van der Waals surface area contributed by atoms with E-state index in [9.17, 15) is 9.59 Å². The van der Waals surface area contributed by atoms with Crippen LogP contribution in [-0.4, -0.2) is 39.8 Å². The summed E-state index contributed by atoms with van der Waals surface area (Å²) in [6.07, 6.45) is -0.179. The molecule has 5 nitrogen and oxygen atoms in total. The lowest BCUT2D eigenvalue weighted by atomic mass is 9.81. The highest BCUT2D eigenvalue weighted by atomic mass is 28.3. The summed E-state index contributed by atoms with van der Waals surface area (Å²) in [6, 6.07) is 0. The van der Waals surface area contributed by atoms with Gasteiger partial charge in [0.05, 0.1) is 6.61 Å². The van der Waals surface area contributed by atoms with E-state index in [2.05, 4.69) is 0 Å². The molecule has 1 rings (SSSR count). The Morgan fingerprint density at radius 2 is 2.00 bits per heavy atom. The van der Waals surface area contributed by atoms with Gasteiger partial charge in [-0.25, -0.2) is 0 Å². The SMILES string of the molecule is CC(=O)OC1CC(C(C)(C)C)OC(=O)C1CO[Si](C)C. The van der Waals surface area contributed by atoms with Gasteiger partial charge in [-0.1, -0.05) is 20.8 Å². The van der Waals surface area contributed by atoms with Crippen molar-refractivity contribution in [3.05, 3.63) is 0 Å². The van der Waals surface area contributed by atoms with Crippen molar-refractivity contribution < 1.29 is 23.5 Å². The topological polar surface area (TPSA) is 61.8 Å². The van der Waals surface area contributed by atoms with Crippen LogP contribution in [0.2, 0.25) is 13.1 Å². The number of ether oxygens (including phenoxy) is 2. The summed E-state index contributed by atoms with van der Waals surface area (Å²) < 4.78 is 16.4. The maximum Gasteiger partial charge on any atom is 0.315 e. The fourth-order valence-electron chi connectivity index (χ4n) is 2.11. The molecule has 0 aromatic rings. The molecule has 0 N–H and O–H groups in total. The Labute approximate surface area is 122 Å². The van der Waals surface area contributed by atoms with E-state index >= 15 is 0 Å². The van der Waals surface area contributed by atoms with Crippen LogP contribution in [0.4, 0.5) is 0 Å². The lowest BCUT2D eigenvalue weighted by molar-refractivity contribution is -0.188. The van der Waals surface area contributed by atoms with E-state index in [4.69, 9.17) is 13.9 Å². The van der Waals surface area contributed by atoms with E-state index in [-0.39, 0.29) is 30.1 Å². The molecular formula is C14H25O5Si. The third-order valence-corrected chi connectivity index (χ3v) is 4.04. The lowest BCUT2D eigenvalue weighted by Gasteiger charge is -2.40. The van der Waals surface area contributed by atoms with Crippen molar-refractivity contribution in [3.63, 3.8) is 0 Å². The fourth-order valence-corrected chi connectivity index (χ4v) is 2.62. The van der Waals surface area contributed by atoms with Crippen LogP contribution in [0.25, 0.3) is 0 Å². The van der Waals surface area contributed by atoms with Crippen LogP contribution in [0.3, 0.4) is 0 Å². The molecule has 0 aromatic carbocycles. The lowest BCUT2D eigenvalue weighted by Crippen LogP contribution is -2.49. The fraction of sp³-hybridized carbons (Fsp3) is 0.857. The number of carbonyl (C=O) groups is 2. The van der Waals surface area contributed by atoms with Gasteiger partial charge in [0.25, 0.3) is 0 Å². The van der Waals surface area contributed by atoms with E-state index in [0.717, 1.165) is 0 Å². The molecule has 0 saturated carbocycles. The van der Waals surface area contributed by atoms with Crippen LogP contribution in [0.15, 0.2) is 0 Å². The number of rotatable bonds is 4. The monoisotopic (exact) mass is 301 g/mol. The van der Waals surface area contributed by atoms with Gasteiger partial charge in [0.1, 0.15) is 18.1 Å². The molecule has 1 heterocycles. The Balaban J connectivity index is 2.82. The summed E-state index contributed by atoms with van der Waals surface area (Å²) in [7, 11) is -0.897. The Bertz CT molecular complexity index is 361. The second kappa shape index (κ2) is 6.71. The number of esters is 2. The molecule has 3 atom stereocenters. The van der Waals surface area contributed by atoms with Gasteiger partial charge in [0.2, 0.25) is 9.04 Å². The molecule has 0 spiro atoms. The zero-order chi connectivity index (χ0) is 15.5. The van der Waals surface area contributed by atoms with Crippen molar-refractivity contribution in [2.75, 3.05) is 6.61 Å². The number of hydrogen-bond donors (Lipinski definition) is 0. The normalized spacial score (nSPS) is 27.4. The molecule has 0 bridgehead atoms. The largest absolute Gasteiger partial charge is 0.461 e. The highest BCUT2D eigenvalue weighted by Crippen LogP contribution is 2.34. The second-order valence-electron chi connectivity index (χ2n) is 6.50. The van der Waals surface area contributed by atoms with Gasteiger partial charge in [0, 0.05) is 13.3 Å². The van der Waals surface area contributed by atoms with Crippen molar-refractivity contribution in [1.82, 2.24) is 0 Å². The quantitative estimate of drug-likeness (QED) is 0.588. The molecule has 1 aliphatic heterocycles. The summed E-state index contributed by atoms with van der Waals surface area (Å²) in [6.45, 7) is 11.6. The van der Waals surface area contributed by atoms with Crippen molar-refractivity contribution in [1.29, 1.82) is 0 Å². The van der Waals surface area contributed by atoms with Crippen LogP contribution in [0.1, 0.15) is 34.1 Å². The first-order valence-electron chi connectivity index (χ1n) is 6.92. The Kier molecular flexibility index (Phi) is 5.76. The molecule has 1 aliphatic rings. The van der Waals surface area contributed by atoms with Crippen molar-refractivity contribution in [3.8, 4) is 0 Å². The zero-order valence-electron chi connectivity index (χ0n) is 13.2. The molecular weight excluding hydrogens is 276 g/mol. The van der Waals surface area contributed by atoms with E-state index in [1.165, 1.54) is 6.92 Å². The molecule has 0 amide bonds. The Morgan fingerprint density at radius 3 is 2.45 bits per heavy atom. The third kappa shape index (κ3) is 4.90. The van der Waals surface area contributed by atoms with Crippen LogP contribution in [-0.2, 0) is 23.5 Å². The highest BCUT2D eigenvalue weighted by molar-refractivity contribution is 6.48. The Hall–Kier alpha value is -0.883. The Morgan fingerprint density at radius 1 is 1.40 bits per heavy atom. The van der Waals surface area contributed by atoms with Crippen LogP contribution in [0, 0.1) is 11.3 Å². The maximum atomic E-state index is 12.2. The van der Waals surface area contributed by atoms with E-state index in [1.54, 1.807) is 0 Å². The first kappa shape index (κ1) is 17.2. The molecule has 20 heavy (non-hydrogen) atoms. The van der Waals surface area contributed by atoms with E-state index in [0.29, 0.717) is 6.42 Å². The van der Waals surface area contributed by atoms with E-state index < -0.39 is 21.1 Å². The molecule has 1 fully saturated rings. The predicted octanol–water partition coefficient (Wildman–Crippen LogP) is 2.16. The molecule has 0 aliphatic carbocycles. The van der Waals surface area contributed by atoms with E-state index in [1.807, 2.05) is 33.9 Å². The first-order valence-corrected chi connectivity index (χ1v) is 9.32. The molecule has 3 unspecified atom stereocenters. The molecule has 115 valence electrons. The van der Waals surface area contributed by atoms with Gasteiger partial charge < -0.3 is 13.9 Å². The highest BCUT2D eigenvalue weighted by Gasteiger charge is 2.44. The van der Waals surface area contributed by atoms with Crippen LogP contribution in [0.5, 0.6) is 0 Å². The third-order valence-electron chi connectivity index (χ3n) is 3.29. The van der Waals surface area contributed by atoms with Crippen molar-refractivity contribution in [2.45, 2.75) is 59.4 Å². The minimum absolute atomic E-state index is 0.176. The predicted molar refractivity (Wildman–Crippen MR) is 76.4 cm³/mol. The molecule has 0 aromatic heterocycles. The van der Waals surface area contributed by atoms with Gasteiger partial charge in [-0.05, 0) is 18.5 Å². The average molecular weight is 301 g/mol.